The highest BCUT2D eigenvalue weighted by Gasteiger charge is 2.16. The van der Waals surface area contributed by atoms with Crippen LogP contribution in [-0.2, 0) is 9.53 Å². The zero-order valence-corrected chi connectivity index (χ0v) is 13.8. The molecule has 1 rings (SSSR count). The van der Waals surface area contributed by atoms with Gasteiger partial charge in [-0.25, -0.2) is 0 Å². The highest BCUT2D eigenvalue weighted by Crippen LogP contribution is 2.31. The van der Waals surface area contributed by atoms with Crippen molar-refractivity contribution in [2.45, 2.75) is 39.7 Å². The summed E-state index contributed by atoms with van der Waals surface area (Å²) in [7, 11) is 0. The summed E-state index contributed by atoms with van der Waals surface area (Å²) in [5.41, 5.74) is 1.06. The van der Waals surface area contributed by atoms with E-state index in [0.717, 1.165) is 6.42 Å². The highest BCUT2D eigenvalue weighted by atomic mass is 16.5. The molecule has 23 heavy (non-hydrogen) atoms. The van der Waals surface area contributed by atoms with E-state index in [1.165, 1.54) is 0 Å². The van der Waals surface area contributed by atoms with Crippen molar-refractivity contribution < 1.29 is 28.9 Å². The lowest BCUT2D eigenvalue weighted by Gasteiger charge is -2.17. The molecule has 0 aliphatic carbocycles. The van der Waals surface area contributed by atoms with E-state index in [2.05, 4.69) is 0 Å². The third kappa shape index (κ3) is 5.90. The maximum Gasteiger partial charge on any atom is 0.308 e. The maximum atomic E-state index is 11.3. The normalized spacial score (nSPS) is 11.7. The minimum absolute atomic E-state index is 0.113. The number of aliphatic hydroxyl groups excluding tert-OH is 1. The van der Waals surface area contributed by atoms with Gasteiger partial charge in [-0.1, -0.05) is 6.92 Å². The minimum Gasteiger partial charge on any atom is -0.493 e. The van der Waals surface area contributed by atoms with Gasteiger partial charge in [-0.05, 0) is 32.4 Å². The van der Waals surface area contributed by atoms with Crippen LogP contribution in [0, 0.1) is 6.92 Å². The molecule has 0 aliphatic rings. The van der Waals surface area contributed by atoms with Gasteiger partial charge in [0.1, 0.15) is 18.1 Å². The Balaban J connectivity index is 2.77. The lowest BCUT2D eigenvalue weighted by atomic mass is 10.1. The second kappa shape index (κ2) is 9.84. The molecule has 0 heterocycles. The summed E-state index contributed by atoms with van der Waals surface area (Å²) in [5, 5.41) is 9.83. The Morgan fingerprint density at radius 3 is 2.65 bits per heavy atom. The zero-order valence-electron chi connectivity index (χ0n) is 13.8. The van der Waals surface area contributed by atoms with Crippen LogP contribution in [0.3, 0.4) is 0 Å². The Morgan fingerprint density at radius 2 is 2.04 bits per heavy atom. The number of benzene rings is 1. The molecule has 1 N–H and O–H groups in total. The first-order valence-electron chi connectivity index (χ1n) is 7.71. The van der Waals surface area contributed by atoms with E-state index in [9.17, 15) is 14.7 Å². The van der Waals surface area contributed by atoms with Crippen molar-refractivity contribution in [2.24, 2.45) is 0 Å². The smallest absolute Gasteiger partial charge is 0.308 e. The Hall–Kier alpha value is -2.08. The van der Waals surface area contributed by atoms with Crippen LogP contribution in [0.2, 0.25) is 0 Å². The van der Waals surface area contributed by atoms with Gasteiger partial charge in [-0.15, -0.1) is 0 Å². The summed E-state index contributed by atoms with van der Waals surface area (Å²) in [4.78, 5) is 22.5. The Bertz CT molecular complexity index is 526. The summed E-state index contributed by atoms with van der Waals surface area (Å²) < 4.78 is 15.9. The molecule has 6 heteroatoms. The lowest BCUT2D eigenvalue weighted by molar-refractivity contribution is -0.145. The van der Waals surface area contributed by atoms with Crippen molar-refractivity contribution in [3.05, 3.63) is 23.3 Å². The number of esters is 1. The molecule has 0 saturated heterocycles. The molecule has 1 aromatic carbocycles. The van der Waals surface area contributed by atoms with Crippen LogP contribution in [0.5, 0.6) is 11.5 Å². The van der Waals surface area contributed by atoms with Crippen LogP contribution in [-0.4, -0.2) is 43.3 Å². The molecule has 0 fully saturated rings. The molecule has 0 bridgehead atoms. The van der Waals surface area contributed by atoms with Gasteiger partial charge in [-0.2, -0.15) is 0 Å². The number of ether oxygens (including phenoxy) is 3. The molecule has 1 atom stereocenters. The average molecular weight is 324 g/mol. The Morgan fingerprint density at radius 1 is 1.30 bits per heavy atom. The summed E-state index contributed by atoms with van der Waals surface area (Å²) in [6.07, 6.45) is 0.385. The van der Waals surface area contributed by atoms with E-state index < -0.39 is 12.1 Å². The highest BCUT2D eigenvalue weighted by molar-refractivity contribution is 5.81. The molecule has 0 aromatic heterocycles. The molecule has 0 radical (unpaired) electrons. The van der Waals surface area contributed by atoms with Crippen molar-refractivity contribution in [1.82, 2.24) is 0 Å². The van der Waals surface area contributed by atoms with Crippen LogP contribution in [0.15, 0.2) is 12.1 Å². The predicted molar refractivity (Wildman–Crippen MR) is 85.1 cm³/mol. The van der Waals surface area contributed by atoms with Gasteiger partial charge in [0, 0.05) is 5.56 Å². The van der Waals surface area contributed by atoms with Crippen LogP contribution in [0.1, 0.15) is 42.6 Å². The lowest BCUT2D eigenvalue weighted by Crippen LogP contribution is -2.23. The average Bonchev–Trinajstić information content (AvgIpc) is 2.52. The maximum absolute atomic E-state index is 11.3. The van der Waals surface area contributed by atoms with Gasteiger partial charge in [0.25, 0.3) is 0 Å². The molecule has 0 aliphatic heterocycles. The number of aldehydes is 1. The fourth-order valence-electron chi connectivity index (χ4n) is 2.00. The summed E-state index contributed by atoms with van der Waals surface area (Å²) in [6.45, 7) is 6.19. The first-order valence-corrected chi connectivity index (χ1v) is 7.71. The second-order valence-electron chi connectivity index (χ2n) is 5.05. The molecule has 1 aromatic rings. The van der Waals surface area contributed by atoms with Crippen molar-refractivity contribution in [1.29, 1.82) is 0 Å². The summed E-state index contributed by atoms with van der Waals surface area (Å²) in [6, 6.07) is 3.33. The molecule has 6 nitrogen and oxygen atoms in total. The zero-order chi connectivity index (χ0) is 17.2. The molecule has 0 saturated carbocycles. The first kappa shape index (κ1) is 19.0. The number of rotatable bonds is 10. The quantitative estimate of drug-likeness (QED) is 0.525. The number of hydrogen-bond acceptors (Lipinski definition) is 6. The van der Waals surface area contributed by atoms with E-state index in [0.29, 0.717) is 35.5 Å². The second-order valence-corrected chi connectivity index (χ2v) is 5.05. The molecular formula is C17H24O6. The third-order valence-electron chi connectivity index (χ3n) is 3.10. The largest absolute Gasteiger partial charge is 0.493 e. The number of hydrogen-bond donors (Lipinski definition) is 1. The molecule has 0 amide bonds. The third-order valence-corrected chi connectivity index (χ3v) is 3.10. The number of carbonyl (C=O) groups is 2. The van der Waals surface area contributed by atoms with Gasteiger partial charge in [0.15, 0.2) is 6.29 Å². The van der Waals surface area contributed by atoms with Crippen molar-refractivity contribution in [3.8, 4) is 11.5 Å². The Kier molecular flexibility index (Phi) is 8.11. The van der Waals surface area contributed by atoms with Crippen LogP contribution < -0.4 is 9.47 Å². The van der Waals surface area contributed by atoms with Gasteiger partial charge < -0.3 is 19.3 Å². The molecule has 128 valence electrons. The van der Waals surface area contributed by atoms with Gasteiger partial charge >= 0.3 is 5.97 Å². The van der Waals surface area contributed by atoms with Crippen LogP contribution >= 0.6 is 0 Å². The monoisotopic (exact) mass is 324 g/mol. The summed E-state index contributed by atoms with van der Waals surface area (Å²) >= 11 is 0. The minimum atomic E-state index is -1.01. The van der Waals surface area contributed by atoms with Crippen molar-refractivity contribution >= 4 is 12.3 Å². The van der Waals surface area contributed by atoms with E-state index in [1.54, 1.807) is 26.0 Å². The standard InChI is InChI=1S/C17H24O6/c1-4-8-22-15-7-6-13(10-18)17(12(15)3)23-11-14(19)9-16(20)21-5-2/h6-7,10,14,19H,4-5,8-9,11H2,1-3H3/t14-/m0/s1. The molecule has 0 spiro atoms. The van der Waals surface area contributed by atoms with Crippen LogP contribution in [0.4, 0.5) is 0 Å². The molecular weight excluding hydrogens is 300 g/mol. The molecule has 0 unspecified atom stereocenters. The van der Waals surface area contributed by atoms with E-state index in [4.69, 9.17) is 14.2 Å². The van der Waals surface area contributed by atoms with E-state index in [-0.39, 0.29) is 19.6 Å². The SMILES string of the molecule is CCCOc1ccc(C=O)c(OC[C@@H](O)CC(=O)OCC)c1C. The van der Waals surface area contributed by atoms with Gasteiger partial charge in [0.05, 0.1) is 31.3 Å². The van der Waals surface area contributed by atoms with E-state index in [1.807, 2.05) is 6.92 Å². The van der Waals surface area contributed by atoms with Crippen molar-refractivity contribution in [2.75, 3.05) is 19.8 Å². The van der Waals surface area contributed by atoms with Crippen LogP contribution in [0.25, 0.3) is 0 Å². The Labute approximate surface area is 136 Å². The fraction of sp³-hybridized carbons (Fsp3) is 0.529. The first-order chi connectivity index (χ1) is 11.0. The topological polar surface area (TPSA) is 82.1 Å². The number of aliphatic hydroxyl groups is 1. The van der Waals surface area contributed by atoms with Crippen molar-refractivity contribution in [3.63, 3.8) is 0 Å². The van der Waals surface area contributed by atoms with Gasteiger partial charge in [0.2, 0.25) is 0 Å². The predicted octanol–water partition coefficient (Wildman–Crippen LogP) is 2.29. The number of carbonyl (C=O) groups excluding carboxylic acids is 2. The summed E-state index contributed by atoms with van der Waals surface area (Å²) in [5.74, 6) is 0.500. The fourth-order valence-corrected chi connectivity index (χ4v) is 2.00. The van der Waals surface area contributed by atoms with Gasteiger partial charge in [-0.3, -0.25) is 9.59 Å². The van der Waals surface area contributed by atoms with E-state index >= 15 is 0 Å².